The molecule has 7 heteroatoms. The molecular formula is C20H24N4O2S. The molecule has 1 aromatic carbocycles. The Labute approximate surface area is 164 Å². The highest BCUT2D eigenvalue weighted by atomic mass is 32.2. The fourth-order valence-electron chi connectivity index (χ4n) is 2.44. The molecule has 1 heterocycles. The third-order valence-electron chi connectivity index (χ3n) is 3.75. The molecule has 0 bridgehead atoms. The first-order valence-electron chi connectivity index (χ1n) is 8.53. The number of carbonyl (C=O) groups is 1. The lowest BCUT2D eigenvalue weighted by molar-refractivity contribution is 0.0734. The van der Waals surface area contributed by atoms with E-state index in [9.17, 15) is 9.90 Å². The van der Waals surface area contributed by atoms with Crippen molar-refractivity contribution in [3.05, 3.63) is 70.9 Å². The molecule has 0 fully saturated rings. The number of nitrogens with zero attached hydrogens (tertiary/aromatic N) is 3. The summed E-state index contributed by atoms with van der Waals surface area (Å²) in [5.41, 5.74) is 2.44. The summed E-state index contributed by atoms with van der Waals surface area (Å²) >= 11 is 1.54. The smallest absolute Gasteiger partial charge is 0.255 e. The monoisotopic (exact) mass is 384 g/mol. The summed E-state index contributed by atoms with van der Waals surface area (Å²) in [5, 5.41) is 14.4. The first-order valence-corrected chi connectivity index (χ1v) is 9.58. The molecule has 0 unspecified atom stereocenters. The van der Waals surface area contributed by atoms with Gasteiger partial charge in [-0.15, -0.1) is 11.8 Å². The van der Waals surface area contributed by atoms with Crippen LogP contribution >= 0.6 is 11.8 Å². The van der Waals surface area contributed by atoms with Gasteiger partial charge >= 0.3 is 0 Å². The van der Waals surface area contributed by atoms with Gasteiger partial charge in [0.2, 0.25) is 0 Å². The molecule has 142 valence electrons. The van der Waals surface area contributed by atoms with E-state index in [1.807, 2.05) is 54.8 Å². The number of hydrogen-bond donors (Lipinski definition) is 2. The van der Waals surface area contributed by atoms with Crippen LogP contribution in [0.25, 0.3) is 0 Å². The molecule has 0 saturated heterocycles. The number of aryl methyl sites for hydroxylation is 1. The van der Waals surface area contributed by atoms with Gasteiger partial charge in [0, 0.05) is 29.8 Å². The van der Waals surface area contributed by atoms with Crippen LogP contribution in [0.4, 0.5) is 5.82 Å². The third kappa shape index (κ3) is 6.54. The second-order valence-corrected chi connectivity index (χ2v) is 6.62. The van der Waals surface area contributed by atoms with Crippen LogP contribution in [0.3, 0.4) is 0 Å². The second-order valence-electron chi connectivity index (χ2n) is 5.73. The zero-order valence-corrected chi connectivity index (χ0v) is 16.2. The number of nitrogens with one attached hydrogen (secondary N) is 1. The van der Waals surface area contributed by atoms with Crippen molar-refractivity contribution in [1.29, 1.82) is 0 Å². The number of aromatic nitrogens is 1. The molecule has 1 aromatic heterocycles. The number of anilines is 1. The van der Waals surface area contributed by atoms with E-state index in [0.29, 0.717) is 17.1 Å². The van der Waals surface area contributed by atoms with Gasteiger partial charge in [0.15, 0.2) is 0 Å². The Bertz CT molecular complexity index is 795. The number of benzene rings is 1. The Hall–Kier alpha value is -2.64. The maximum absolute atomic E-state index is 13.0. The zero-order valence-electron chi connectivity index (χ0n) is 15.3. The summed E-state index contributed by atoms with van der Waals surface area (Å²) in [6.45, 7) is 5.69. The Balaban J connectivity index is 2.11. The molecule has 6 nitrogen and oxygen atoms in total. The highest BCUT2D eigenvalue weighted by molar-refractivity contribution is 8.01. The Kier molecular flexibility index (Phi) is 8.54. The van der Waals surface area contributed by atoms with E-state index in [-0.39, 0.29) is 25.7 Å². The molecule has 0 radical (unpaired) electrons. The summed E-state index contributed by atoms with van der Waals surface area (Å²) in [6.07, 6.45) is 1.62. The lowest BCUT2D eigenvalue weighted by atomic mass is 10.1. The molecule has 0 aliphatic heterocycles. The van der Waals surface area contributed by atoms with E-state index >= 15 is 0 Å². The SMILES string of the molecule is C=N/C=C\SCc1ccccc1C(=O)N(CCO)CNc1cccc(C)n1. The number of thioether (sulfide) groups is 1. The van der Waals surface area contributed by atoms with Crippen LogP contribution in [-0.4, -0.2) is 47.4 Å². The van der Waals surface area contributed by atoms with Gasteiger partial charge in [-0.25, -0.2) is 4.98 Å². The van der Waals surface area contributed by atoms with Crippen molar-refractivity contribution in [2.45, 2.75) is 12.7 Å². The third-order valence-corrected chi connectivity index (χ3v) is 4.54. The number of carbonyl (C=O) groups excluding carboxylic acids is 1. The summed E-state index contributed by atoms with van der Waals surface area (Å²) in [5.74, 6) is 1.20. The van der Waals surface area contributed by atoms with E-state index < -0.39 is 0 Å². The van der Waals surface area contributed by atoms with Crippen LogP contribution in [0.2, 0.25) is 0 Å². The number of aliphatic hydroxyl groups excluding tert-OH is 1. The second kappa shape index (κ2) is 11.2. The Morgan fingerprint density at radius 2 is 2.15 bits per heavy atom. The molecule has 0 aliphatic carbocycles. The zero-order chi connectivity index (χ0) is 19.5. The van der Waals surface area contributed by atoms with Gasteiger partial charge in [-0.3, -0.25) is 9.79 Å². The number of hydrogen-bond acceptors (Lipinski definition) is 6. The molecule has 27 heavy (non-hydrogen) atoms. The van der Waals surface area contributed by atoms with E-state index in [4.69, 9.17) is 0 Å². The fraction of sp³-hybridized carbons (Fsp3) is 0.250. The predicted octanol–water partition coefficient (Wildman–Crippen LogP) is 3.30. The molecule has 2 rings (SSSR count). The maximum Gasteiger partial charge on any atom is 0.255 e. The highest BCUT2D eigenvalue weighted by Crippen LogP contribution is 2.19. The van der Waals surface area contributed by atoms with Gasteiger partial charge < -0.3 is 15.3 Å². The minimum absolute atomic E-state index is 0.112. The number of amides is 1. The van der Waals surface area contributed by atoms with Crippen molar-refractivity contribution in [1.82, 2.24) is 9.88 Å². The van der Waals surface area contributed by atoms with Crippen molar-refractivity contribution < 1.29 is 9.90 Å². The van der Waals surface area contributed by atoms with Crippen LogP contribution in [0.1, 0.15) is 21.6 Å². The van der Waals surface area contributed by atoms with Gasteiger partial charge in [-0.1, -0.05) is 24.3 Å². The molecule has 2 N–H and O–H groups in total. The molecule has 0 spiro atoms. The van der Waals surface area contributed by atoms with Crippen LogP contribution in [0.5, 0.6) is 0 Å². The Morgan fingerprint density at radius 3 is 2.89 bits per heavy atom. The number of pyridine rings is 1. The van der Waals surface area contributed by atoms with Crippen LogP contribution in [0, 0.1) is 6.92 Å². The minimum atomic E-state index is -0.133. The highest BCUT2D eigenvalue weighted by Gasteiger charge is 2.18. The largest absolute Gasteiger partial charge is 0.395 e. The first-order chi connectivity index (χ1) is 13.2. The first kappa shape index (κ1) is 20.7. The molecule has 1 amide bonds. The van der Waals surface area contributed by atoms with Gasteiger partial charge in [-0.2, -0.15) is 0 Å². The summed E-state index contributed by atoms with van der Waals surface area (Å²) < 4.78 is 0. The van der Waals surface area contributed by atoms with Crippen molar-refractivity contribution >= 4 is 30.2 Å². The summed E-state index contributed by atoms with van der Waals surface area (Å²) in [4.78, 5) is 22.7. The van der Waals surface area contributed by atoms with E-state index in [1.54, 1.807) is 11.1 Å². The number of rotatable bonds is 10. The van der Waals surface area contributed by atoms with Crippen molar-refractivity contribution in [2.75, 3.05) is 25.1 Å². The Morgan fingerprint density at radius 1 is 1.33 bits per heavy atom. The quantitative estimate of drug-likeness (QED) is 0.485. The van der Waals surface area contributed by atoms with Gasteiger partial charge in [-0.05, 0) is 42.8 Å². The van der Waals surface area contributed by atoms with Gasteiger partial charge in [0.25, 0.3) is 5.91 Å². The number of aliphatic hydroxyl groups is 1. The molecule has 0 atom stereocenters. The summed E-state index contributed by atoms with van der Waals surface area (Å²) in [7, 11) is 0. The van der Waals surface area contributed by atoms with Crippen LogP contribution < -0.4 is 5.32 Å². The van der Waals surface area contributed by atoms with Crippen molar-refractivity contribution in [3.8, 4) is 0 Å². The molecule has 2 aromatic rings. The van der Waals surface area contributed by atoms with E-state index in [2.05, 4.69) is 22.0 Å². The van der Waals surface area contributed by atoms with E-state index in [1.165, 1.54) is 11.8 Å². The van der Waals surface area contributed by atoms with Crippen LogP contribution in [-0.2, 0) is 5.75 Å². The molecular weight excluding hydrogens is 360 g/mol. The minimum Gasteiger partial charge on any atom is -0.395 e. The standard InChI is InChI=1S/C20H24N4O2S/c1-16-6-5-9-19(23-16)22-15-24(11-12-25)20(26)18-8-4-3-7-17(18)14-27-13-10-21-2/h3-10,13,25H,2,11-12,14-15H2,1H3,(H,22,23)/b13-10-. The van der Waals surface area contributed by atoms with Gasteiger partial charge in [0.05, 0.1) is 13.3 Å². The molecule has 0 aliphatic rings. The maximum atomic E-state index is 13.0. The number of aliphatic imine (C=N–C) groups is 1. The van der Waals surface area contributed by atoms with E-state index in [0.717, 1.165) is 11.3 Å². The van der Waals surface area contributed by atoms with Crippen molar-refractivity contribution in [3.63, 3.8) is 0 Å². The predicted molar refractivity (Wildman–Crippen MR) is 112 cm³/mol. The average Bonchev–Trinajstić information content (AvgIpc) is 2.68. The normalized spacial score (nSPS) is 10.7. The van der Waals surface area contributed by atoms with Crippen LogP contribution in [0.15, 0.2) is 59.1 Å². The van der Waals surface area contributed by atoms with Crippen molar-refractivity contribution in [2.24, 2.45) is 4.99 Å². The fourth-order valence-corrected chi connectivity index (χ4v) is 3.14. The topological polar surface area (TPSA) is 77.8 Å². The molecule has 0 saturated carbocycles. The lowest BCUT2D eigenvalue weighted by Crippen LogP contribution is -2.38. The lowest BCUT2D eigenvalue weighted by Gasteiger charge is -2.23. The average molecular weight is 385 g/mol. The van der Waals surface area contributed by atoms with Gasteiger partial charge in [0.1, 0.15) is 5.82 Å². The summed E-state index contributed by atoms with van der Waals surface area (Å²) in [6, 6.07) is 13.2.